The molecule has 0 bridgehead atoms. The summed E-state index contributed by atoms with van der Waals surface area (Å²) in [7, 11) is -2.28. The lowest BCUT2D eigenvalue weighted by molar-refractivity contribution is -0.117. The molecule has 1 saturated heterocycles. The molecule has 0 atom stereocenters. The summed E-state index contributed by atoms with van der Waals surface area (Å²) < 4.78 is 38.9. The Morgan fingerprint density at radius 3 is 2.49 bits per heavy atom. The number of rotatable bonds is 10. The Morgan fingerprint density at radius 1 is 1.03 bits per heavy atom. The van der Waals surface area contributed by atoms with Crippen LogP contribution in [0.5, 0.6) is 5.75 Å². The fourth-order valence-electron chi connectivity index (χ4n) is 4.24. The van der Waals surface area contributed by atoms with Crippen LogP contribution < -0.4 is 10.1 Å². The van der Waals surface area contributed by atoms with Gasteiger partial charge in [-0.05, 0) is 48.7 Å². The number of ether oxygens (including phenoxy) is 1. The third-order valence-corrected chi connectivity index (χ3v) is 7.88. The molecule has 9 heteroatoms. The molecule has 8 nitrogen and oxygen atoms in total. The van der Waals surface area contributed by atoms with Crippen molar-refractivity contribution in [2.24, 2.45) is 0 Å². The maximum atomic E-state index is 13.3. The van der Waals surface area contributed by atoms with Gasteiger partial charge >= 0.3 is 0 Å². The van der Waals surface area contributed by atoms with Gasteiger partial charge in [-0.25, -0.2) is 8.42 Å². The van der Waals surface area contributed by atoms with E-state index in [-0.39, 0.29) is 23.1 Å². The Labute approximate surface area is 206 Å². The molecule has 1 amide bonds. The summed E-state index contributed by atoms with van der Waals surface area (Å²) in [6, 6.07) is 18.3. The van der Waals surface area contributed by atoms with E-state index in [9.17, 15) is 13.2 Å². The van der Waals surface area contributed by atoms with Crippen molar-refractivity contribution >= 4 is 21.6 Å². The van der Waals surface area contributed by atoms with E-state index in [0.717, 1.165) is 30.6 Å². The van der Waals surface area contributed by atoms with E-state index in [4.69, 9.17) is 9.15 Å². The first-order valence-corrected chi connectivity index (χ1v) is 13.2. The predicted octanol–water partition coefficient (Wildman–Crippen LogP) is 4.10. The van der Waals surface area contributed by atoms with Crippen LogP contribution in [0.25, 0.3) is 0 Å². The number of carbonyl (C=O) groups is 1. The van der Waals surface area contributed by atoms with Crippen LogP contribution in [0.15, 0.2) is 76.2 Å². The third-order valence-electron chi connectivity index (χ3n) is 5.96. The highest BCUT2D eigenvalue weighted by molar-refractivity contribution is 7.89. The van der Waals surface area contributed by atoms with Crippen molar-refractivity contribution in [1.29, 1.82) is 0 Å². The van der Waals surface area contributed by atoms with E-state index < -0.39 is 10.0 Å². The summed E-state index contributed by atoms with van der Waals surface area (Å²) in [6.45, 7) is 2.11. The number of hydrogen-bond donors (Lipinski definition) is 1. The number of furan rings is 1. The minimum absolute atomic E-state index is 0.0661. The largest absolute Gasteiger partial charge is 0.495 e. The monoisotopic (exact) mass is 497 g/mol. The van der Waals surface area contributed by atoms with Crippen molar-refractivity contribution in [3.05, 3.63) is 78.3 Å². The molecule has 1 fully saturated rings. The summed E-state index contributed by atoms with van der Waals surface area (Å²) in [5.74, 6) is 0.768. The normalized spacial score (nSPS) is 14.7. The van der Waals surface area contributed by atoms with Gasteiger partial charge in [-0.3, -0.25) is 9.69 Å². The molecule has 35 heavy (non-hydrogen) atoms. The zero-order valence-electron chi connectivity index (χ0n) is 19.9. The summed E-state index contributed by atoms with van der Waals surface area (Å²) >= 11 is 0. The Kier molecular flexibility index (Phi) is 8.22. The molecule has 1 aliphatic heterocycles. The zero-order valence-corrected chi connectivity index (χ0v) is 20.7. The molecule has 0 spiro atoms. The van der Waals surface area contributed by atoms with Crippen molar-refractivity contribution in [3.8, 4) is 5.75 Å². The van der Waals surface area contributed by atoms with Gasteiger partial charge in [0.2, 0.25) is 15.9 Å². The fourth-order valence-corrected chi connectivity index (χ4v) is 5.93. The van der Waals surface area contributed by atoms with Gasteiger partial charge in [0.05, 0.1) is 26.5 Å². The molecule has 2 heterocycles. The first-order valence-electron chi connectivity index (χ1n) is 11.7. The zero-order chi connectivity index (χ0) is 24.7. The van der Waals surface area contributed by atoms with E-state index in [0.29, 0.717) is 31.9 Å². The predicted molar refractivity (Wildman–Crippen MR) is 133 cm³/mol. The van der Waals surface area contributed by atoms with Gasteiger partial charge in [0.15, 0.2) is 0 Å². The van der Waals surface area contributed by atoms with Gasteiger partial charge < -0.3 is 14.5 Å². The highest BCUT2D eigenvalue weighted by Crippen LogP contribution is 2.31. The van der Waals surface area contributed by atoms with Crippen LogP contribution in [0.4, 0.5) is 5.69 Å². The lowest BCUT2D eigenvalue weighted by atomic mass is 10.2. The van der Waals surface area contributed by atoms with Gasteiger partial charge in [-0.2, -0.15) is 4.31 Å². The second kappa shape index (κ2) is 11.5. The lowest BCUT2D eigenvalue weighted by Gasteiger charge is -2.26. The quantitative estimate of drug-likeness (QED) is 0.453. The number of piperidine rings is 1. The summed E-state index contributed by atoms with van der Waals surface area (Å²) in [5, 5.41) is 2.85. The Morgan fingerprint density at radius 2 is 1.80 bits per heavy atom. The average Bonchev–Trinajstić information content (AvgIpc) is 3.38. The first-order chi connectivity index (χ1) is 17.0. The molecule has 4 rings (SSSR count). The van der Waals surface area contributed by atoms with E-state index in [2.05, 4.69) is 5.32 Å². The van der Waals surface area contributed by atoms with Gasteiger partial charge in [-0.15, -0.1) is 0 Å². The van der Waals surface area contributed by atoms with Crippen LogP contribution in [0, 0.1) is 0 Å². The number of amides is 1. The van der Waals surface area contributed by atoms with Crippen molar-refractivity contribution in [2.45, 2.75) is 37.2 Å². The molecule has 186 valence electrons. The van der Waals surface area contributed by atoms with Crippen molar-refractivity contribution in [3.63, 3.8) is 0 Å². The molecule has 1 aliphatic rings. The molecular formula is C26H31N3O5S. The highest BCUT2D eigenvalue weighted by atomic mass is 32.2. The minimum Gasteiger partial charge on any atom is -0.495 e. The molecule has 1 N–H and O–H groups in total. The van der Waals surface area contributed by atoms with E-state index in [1.54, 1.807) is 18.4 Å². The Hall–Kier alpha value is -3.14. The maximum Gasteiger partial charge on any atom is 0.246 e. The number of nitrogens with one attached hydrogen (secondary N) is 1. The Balaban J connectivity index is 1.50. The molecule has 2 aromatic carbocycles. The van der Waals surface area contributed by atoms with Gasteiger partial charge in [-0.1, -0.05) is 36.8 Å². The lowest BCUT2D eigenvalue weighted by Crippen LogP contribution is -2.36. The molecule has 3 aromatic rings. The number of nitrogens with zero attached hydrogens (tertiary/aromatic N) is 2. The molecule has 1 aromatic heterocycles. The number of anilines is 1. The van der Waals surface area contributed by atoms with Crippen molar-refractivity contribution < 1.29 is 22.4 Å². The van der Waals surface area contributed by atoms with Crippen LogP contribution in [0.3, 0.4) is 0 Å². The third kappa shape index (κ3) is 6.50. The van der Waals surface area contributed by atoms with Crippen molar-refractivity contribution in [1.82, 2.24) is 9.21 Å². The average molecular weight is 498 g/mol. The van der Waals surface area contributed by atoms with Crippen LogP contribution in [-0.4, -0.2) is 50.3 Å². The molecular weight excluding hydrogens is 466 g/mol. The molecule has 0 saturated carbocycles. The molecule has 0 aliphatic carbocycles. The standard InChI is InChI=1S/C26H31N3O5S/c1-33-24-13-12-22(17-25(24)35(31,32)29-14-6-3-7-15-29)27-26(30)20-28(19-23-11-8-16-34-23)18-21-9-4-2-5-10-21/h2,4-5,8-13,16-17H,3,6-7,14-15,18-20H2,1H3,(H,27,30). The van der Waals surface area contributed by atoms with Gasteiger partial charge in [0, 0.05) is 25.3 Å². The molecule has 0 unspecified atom stereocenters. The maximum absolute atomic E-state index is 13.3. The van der Waals surface area contributed by atoms with E-state index >= 15 is 0 Å². The minimum atomic E-state index is -3.73. The number of sulfonamides is 1. The van der Waals surface area contributed by atoms with E-state index in [1.165, 1.54) is 17.5 Å². The highest BCUT2D eigenvalue weighted by Gasteiger charge is 2.29. The summed E-state index contributed by atoms with van der Waals surface area (Å²) in [5.41, 5.74) is 1.48. The van der Waals surface area contributed by atoms with Gasteiger partial charge in [0.1, 0.15) is 16.4 Å². The summed E-state index contributed by atoms with van der Waals surface area (Å²) in [6.07, 6.45) is 4.31. The second-order valence-corrected chi connectivity index (χ2v) is 10.5. The van der Waals surface area contributed by atoms with Crippen molar-refractivity contribution in [2.75, 3.05) is 32.1 Å². The fraction of sp³-hybridized carbons (Fsp3) is 0.346. The first kappa shape index (κ1) is 25.0. The van der Waals surface area contributed by atoms with Gasteiger partial charge in [0.25, 0.3) is 0 Å². The van der Waals surface area contributed by atoms with Crippen LogP contribution in [0.1, 0.15) is 30.6 Å². The smallest absolute Gasteiger partial charge is 0.246 e. The van der Waals surface area contributed by atoms with Crippen LogP contribution in [0.2, 0.25) is 0 Å². The topological polar surface area (TPSA) is 92.1 Å². The number of methoxy groups -OCH3 is 1. The molecule has 0 radical (unpaired) electrons. The number of hydrogen-bond acceptors (Lipinski definition) is 6. The second-order valence-electron chi connectivity index (χ2n) is 8.59. The van der Waals surface area contributed by atoms with Crippen LogP contribution in [-0.2, 0) is 27.9 Å². The number of benzene rings is 2. The summed E-state index contributed by atoms with van der Waals surface area (Å²) in [4.78, 5) is 15.0. The van der Waals surface area contributed by atoms with Crippen LogP contribution >= 0.6 is 0 Å². The SMILES string of the molecule is COc1ccc(NC(=O)CN(Cc2ccccc2)Cc2ccco2)cc1S(=O)(=O)N1CCCCC1. The Bertz CT molecular complexity index is 1210. The number of carbonyl (C=O) groups excluding carboxylic acids is 1. The van der Waals surface area contributed by atoms with E-state index in [1.807, 2.05) is 47.4 Å².